The Kier molecular flexibility index (Phi) is 7.78. The Balaban J connectivity index is 1.83. The maximum Gasteiger partial charge on any atom is 0.586 e. The third-order valence-electron chi connectivity index (χ3n) is 6.45. The predicted octanol–water partition coefficient (Wildman–Crippen LogP) is 7.67. The molecule has 2 aliphatic heterocycles. The fraction of sp³-hybridized carbons (Fsp3) is 0.481. The average Bonchev–Trinajstić information content (AvgIpc) is 3.00. The number of hydrogen-bond acceptors (Lipinski definition) is 5. The molecule has 2 aromatic carbocycles. The molecule has 2 aromatic rings. The number of amides is 2. The molecule has 0 saturated heterocycles. The summed E-state index contributed by atoms with van der Waals surface area (Å²) in [6.45, 7) is 5.18. The zero-order valence-electron chi connectivity index (χ0n) is 22.8. The van der Waals surface area contributed by atoms with Gasteiger partial charge in [0.25, 0.3) is 0 Å². The summed E-state index contributed by atoms with van der Waals surface area (Å²) in [4.78, 5) is 28.1. The summed E-state index contributed by atoms with van der Waals surface area (Å²) in [6.07, 6.45) is -14.8. The summed E-state index contributed by atoms with van der Waals surface area (Å²) in [5.74, 6) is -1.59. The second kappa shape index (κ2) is 10.5. The maximum atomic E-state index is 13.9. The van der Waals surface area contributed by atoms with Gasteiger partial charge in [0.15, 0.2) is 11.5 Å². The van der Waals surface area contributed by atoms with Gasteiger partial charge < -0.3 is 19.1 Å². The molecule has 0 spiro atoms. The molecule has 230 valence electrons. The average molecular weight is 610 g/mol. The quantitative estimate of drug-likeness (QED) is 0.334. The van der Waals surface area contributed by atoms with Crippen LogP contribution in [-0.4, -0.2) is 35.3 Å². The van der Waals surface area contributed by atoms with Crippen molar-refractivity contribution in [2.45, 2.75) is 77.4 Å². The number of anilines is 1. The fourth-order valence-corrected chi connectivity index (χ4v) is 4.80. The van der Waals surface area contributed by atoms with Gasteiger partial charge in [-0.15, -0.1) is 8.78 Å². The van der Waals surface area contributed by atoms with E-state index in [0.717, 1.165) is 28.9 Å². The Hall–Kier alpha value is -3.78. The molecule has 0 fully saturated rings. The molecule has 0 aliphatic carbocycles. The van der Waals surface area contributed by atoms with E-state index in [0.29, 0.717) is 12.1 Å². The molecule has 0 aromatic heterocycles. The van der Waals surface area contributed by atoms with E-state index < -0.39 is 77.0 Å². The molecule has 2 aliphatic rings. The first-order chi connectivity index (χ1) is 19.1. The number of benzene rings is 2. The molecule has 42 heavy (non-hydrogen) atoms. The number of fused-ring (bicyclic) bond motifs is 2. The highest BCUT2D eigenvalue weighted by Gasteiger charge is 2.46. The van der Waals surface area contributed by atoms with Crippen LogP contribution in [0.4, 0.5) is 45.6 Å². The molecule has 15 heteroatoms. The number of carbonyl (C=O) groups is 2. The van der Waals surface area contributed by atoms with Crippen molar-refractivity contribution in [2.24, 2.45) is 0 Å². The monoisotopic (exact) mass is 610 g/mol. The van der Waals surface area contributed by atoms with Crippen LogP contribution in [0.25, 0.3) is 0 Å². The molecule has 2 heterocycles. The Bertz CT molecular complexity index is 1350. The number of hydrogen-bond donors (Lipinski definition) is 0. The van der Waals surface area contributed by atoms with E-state index >= 15 is 0 Å². The SMILES string of the molecule is CC(=O)N(Cc1cc(C(F)(F)F)cc(C(F)(F)F)c1)[C@H]1CCCN(C(=O)OC(C)(C)C)c2cc3c(cc21)OC(F)(F)O3. The topological polar surface area (TPSA) is 68.3 Å². The van der Waals surface area contributed by atoms with E-state index in [1.54, 1.807) is 20.8 Å². The van der Waals surface area contributed by atoms with Gasteiger partial charge in [0.1, 0.15) is 5.60 Å². The normalized spacial score (nSPS) is 18.3. The minimum atomic E-state index is -5.11. The molecular formula is C27H26F8N2O5. The van der Waals surface area contributed by atoms with Crippen LogP contribution in [0.15, 0.2) is 30.3 Å². The summed E-state index contributed by atoms with van der Waals surface area (Å²) in [5, 5.41) is 0. The van der Waals surface area contributed by atoms with Gasteiger partial charge in [0, 0.05) is 31.6 Å². The fourth-order valence-electron chi connectivity index (χ4n) is 4.80. The number of halogens is 8. The lowest BCUT2D eigenvalue weighted by molar-refractivity contribution is -0.286. The van der Waals surface area contributed by atoms with E-state index in [2.05, 4.69) is 9.47 Å². The molecule has 0 bridgehead atoms. The van der Waals surface area contributed by atoms with Gasteiger partial charge in [0.2, 0.25) is 5.91 Å². The lowest BCUT2D eigenvalue weighted by Crippen LogP contribution is -2.37. The summed E-state index contributed by atoms with van der Waals surface area (Å²) in [7, 11) is 0. The number of rotatable bonds is 3. The Morgan fingerprint density at radius 1 is 0.952 bits per heavy atom. The standard InChI is InChI=1S/C27H26F8N2O5/c1-14(38)37(13-15-8-16(25(28,29)30)10-17(9-15)26(31,32)33)19-6-5-7-36(23(39)42-24(2,3)4)20-12-22-21(11-18(19)20)40-27(34,35)41-22/h8-12,19H,5-7,13H2,1-4H3/t19-/m0/s1. The lowest BCUT2D eigenvalue weighted by Gasteiger charge is -2.33. The molecule has 1 atom stereocenters. The second-order valence-corrected chi connectivity index (χ2v) is 10.9. The van der Waals surface area contributed by atoms with E-state index in [1.165, 1.54) is 0 Å². The van der Waals surface area contributed by atoms with E-state index in [9.17, 15) is 44.7 Å². The molecule has 4 rings (SSSR count). The first-order valence-corrected chi connectivity index (χ1v) is 12.6. The van der Waals surface area contributed by atoms with Crippen molar-refractivity contribution >= 4 is 17.7 Å². The van der Waals surface area contributed by atoms with Crippen LogP contribution in [0.3, 0.4) is 0 Å². The maximum absolute atomic E-state index is 13.9. The first kappa shape index (κ1) is 31.2. The highest BCUT2D eigenvalue weighted by Crippen LogP contribution is 2.49. The van der Waals surface area contributed by atoms with E-state index in [4.69, 9.17) is 4.74 Å². The third kappa shape index (κ3) is 6.81. The molecule has 2 amide bonds. The van der Waals surface area contributed by atoms with Gasteiger partial charge in [-0.2, -0.15) is 26.3 Å². The Morgan fingerprint density at radius 3 is 2.00 bits per heavy atom. The zero-order valence-corrected chi connectivity index (χ0v) is 22.8. The highest BCUT2D eigenvalue weighted by molar-refractivity contribution is 5.90. The number of alkyl halides is 8. The van der Waals surface area contributed by atoms with E-state index in [1.807, 2.05) is 0 Å². The largest absolute Gasteiger partial charge is 0.586 e. The first-order valence-electron chi connectivity index (χ1n) is 12.6. The Morgan fingerprint density at radius 2 is 1.50 bits per heavy atom. The summed E-state index contributed by atoms with van der Waals surface area (Å²) in [6, 6.07) is 2.13. The lowest BCUT2D eigenvalue weighted by atomic mass is 9.97. The minimum Gasteiger partial charge on any atom is -0.443 e. The van der Waals surface area contributed by atoms with Crippen molar-refractivity contribution in [3.05, 3.63) is 52.6 Å². The van der Waals surface area contributed by atoms with Gasteiger partial charge in [-0.05, 0) is 63.4 Å². The smallest absolute Gasteiger partial charge is 0.443 e. The summed E-state index contributed by atoms with van der Waals surface area (Å²) >= 11 is 0. The van der Waals surface area contributed by atoms with Crippen molar-refractivity contribution in [3.8, 4) is 11.5 Å². The Labute approximate surface area is 234 Å². The summed E-state index contributed by atoms with van der Waals surface area (Å²) in [5.41, 5.74) is -4.45. The van der Waals surface area contributed by atoms with Crippen LogP contribution < -0.4 is 14.4 Å². The van der Waals surface area contributed by atoms with Gasteiger partial charge >= 0.3 is 24.7 Å². The summed E-state index contributed by atoms with van der Waals surface area (Å²) < 4.78 is 123. The third-order valence-corrected chi connectivity index (χ3v) is 6.45. The van der Waals surface area contributed by atoms with Gasteiger partial charge in [-0.25, -0.2) is 4.79 Å². The molecule has 0 saturated carbocycles. The van der Waals surface area contributed by atoms with Crippen molar-refractivity contribution in [3.63, 3.8) is 0 Å². The van der Waals surface area contributed by atoms with E-state index in [-0.39, 0.29) is 36.7 Å². The van der Waals surface area contributed by atoms with Gasteiger partial charge in [0.05, 0.1) is 22.9 Å². The predicted molar refractivity (Wildman–Crippen MR) is 131 cm³/mol. The molecule has 7 nitrogen and oxygen atoms in total. The van der Waals surface area contributed by atoms with Crippen molar-refractivity contribution in [1.29, 1.82) is 0 Å². The van der Waals surface area contributed by atoms with Crippen molar-refractivity contribution in [2.75, 3.05) is 11.4 Å². The number of nitrogens with zero attached hydrogens (tertiary/aromatic N) is 2. The van der Waals surface area contributed by atoms with Crippen LogP contribution in [0.2, 0.25) is 0 Å². The number of ether oxygens (including phenoxy) is 3. The molecular weight excluding hydrogens is 584 g/mol. The molecule has 0 N–H and O–H groups in total. The van der Waals surface area contributed by atoms with Gasteiger partial charge in [-0.3, -0.25) is 9.69 Å². The van der Waals surface area contributed by atoms with Crippen LogP contribution >= 0.6 is 0 Å². The minimum absolute atomic E-state index is 0.00178. The second-order valence-electron chi connectivity index (χ2n) is 10.9. The molecule has 0 unspecified atom stereocenters. The van der Waals surface area contributed by atoms with Crippen molar-refractivity contribution < 1.29 is 58.9 Å². The highest BCUT2D eigenvalue weighted by atomic mass is 19.4. The zero-order chi connectivity index (χ0) is 31.4. The van der Waals surface area contributed by atoms with Gasteiger partial charge in [-0.1, -0.05) is 0 Å². The number of carbonyl (C=O) groups excluding carboxylic acids is 2. The van der Waals surface area contributed by atoms with Crippen molar-refractivity contribution in [1.82, 2.24) is 4.90 Å². The van der Waals surface area contributed by atoms with Crippen LogP contribution in [0.5, 0.6) is 11.5 Å². The van der Waals surface area contributed by atoms with Crippen LogP contribution in [0.1, 0.15) is 68.8 Å². The van der Waals surface area contributed by atoms with Crippen LogP contribution in [0, 0.1) is 0 Å². The van der Waals surface area contributed by atoms with Crippen LogP contribution in [-0.2, 0) is 28.4 Å². The molecule has 0 radical (unpaired) electrons.